The third kappa shape index (κ3) is 1.58. The van der Waals surface area contributed by atoms with Crippen LogP contribution < -0.4 is 0 Å². The first-order chi connectivity index (χ1) is 8.25. The molecule has 0 aliphatic carbocycles. The number of fused-ring (bicyclic) bond motifs is 1. The molecular formula is C11H6N2O3S. The summed E-state index contributed by atoms with van der Waals surface area (Å²) >= 11 is 1.42. The van der Waals surface area contributed by atoms with Crippen molar-refractivity contribution in [3.63, 3.8) is 0 Å². The smallest absolute Gasteiger partial charge is 0.335 e. The van der Waals surface area contributed by atoms with Crippen molar-refractivity contribution in [3.8, 4) is 10.6 Å². The number of thiazole rings is 1. The van der Waals surface area contributed by atoms with Crippen molar-refractivity contribution in [2.24, 2.45) is 0 Å². The minimum atomic E-state index is -0.993. The van der Waals surface area contributed by atoms with Crippen molar-refractivity contribution >= 4 is 28.4 Å². The molecule has 2 aromatic heterocycles. The molecule has 1 N–H and O–H groups in total. The van der Waals surface area contributed by atoms with Gasteiger partial charge in [-0.1, -0.05) is 0 Å². The van der Waals surface area contributed by atoms with Gasteiger partial charge in [0.25, 0.3) is 0 Å². The Hall–Kier alpha value is -2.21. The largest absolute Gasteiger partial charge is 0.478 e. The number of benzene rings is 1. The molecule has 0 radical (unpaired) electrons. The lowest BCUT2D eigenvalue weighted by Gasteiger charge is -2.00. The first kappa shape index (κ1) is 9.98. The molecule has 0 spiro atoms. The third-order valence-corrected chi connectivity index (χ3v) is 3.15. The monoisotopic (exact) mass is 246 g/mol. The molecule has 0 saturated carbocycles. The summed E-state index contributed by atoms with van der Waals surface area (Å²) < 4.78 is 5.27. The van der Waals surface area contributed by atoms with Crippen LogP contribution >= 0.6 is 11.3 Å². The first-order valence-corrected chi connectivity index (χ1v) is 5.64. The maximum Gasteiger partial charge on any atom is 0.335 e. The first-order valence-electron chi connectivity index (χ1n) is 4.76. The van der Waals surface area contributed by atoms with E-state index in [1.165, 1.54) is 23.8 Å². The average molecular weight is 246 g/mol. The van der Waals surface area contributed by atoms with E-state index < -0.39 is 5.97 Å². The van der Waals surface area contributed by atoms with E-state index in [4.69, 9.17) is 9.52 Å². The third-order valence-electron chi connectivity index (χ3n) is 2.34. The van der Waals surface area contributed by atoms with E-state index in [1.54, 1.807) is 12.3 Å². The number of hydrogen-bond donors (Lipinski definition) is 1. The maximum atomic E-state index is 11.0. The van der Waals surface area contributed by atoms with Gasteiger partial charge in [0.1, 0.15) is 10.5 Å². The molecule has 0 atom stereocenters. The molecule has 0 saturated heterocycles. The average Bonchev–Trinajstić information content (AvgIpc) is 2.98. The number of rotatable bonds is 2. The Kier molecular flexibility index (Phi) is 2.15. The highest BCUT2D eigenvalue weighted by atomic mass is 32.1. The second kappa shape index (κ2) is 3.67. The van der Waals surface area contributed by atoms with Crippen LogP contribution in [0.5, 0.6) is 0 Å². The van der Waals surface area contributed by atoms with Crippen LogP contribution in [-0.4, -0.2) is 21.0 Å². The Bertz CT molecular complexity index is 688. The molecule has 0 bridgehead atoms. The molecule has 0 fully saturated rings. The van der Waals surface area contributed by atoms with Crippen LogP contribution in [0.25, 0.3) is 21.7 Å². The van der Waals surface area contributed by atoms with Gasteiger partial charge in [-0.15, -0.1) is 11.3 Å². The summed E-state index contributed by atoms with van der Waals surface area (Å²) in [6.45, 7) is 0. The van der Waals surface area contributed by atoms with Crippen molar-refractivity contribution in [3.05, 3.63) is 35.7 Å². The summed E-state index contributed by atoms with van der Waals surface area (Å²) in [5.74, 6) is -0.993. The number of carbonyl (C=O) groups is 1. The van der Waals surface area contributed by atoms with Crippen molar-refractivity contribution < 1.29 is 14.3 Å². The maximum absolute atomic E-state index is 11.0. The summed E-state index contributed by atoms with van der Waals surface area (Å²) in [6.07, 6.45) is 2.96. The topological polar surface area (TPSA) is 76.2 Å². The van der Waals surface area contributed by atoms with Gasteiger partial charge >= 0.3 is 5.97 Å². The van der Waals surface area contributed by atoms with Gasteiger partial charge in [-0.3, -0.25) is 0 Å². The van der Waals surface area contributed by atoms with Crippen LogP contribution in [0.15, 0.2) is 34.5 Å². The quantitative estimate of drug-likeness (QED) is 0.752. The number of aromatic carboxylic acids is 1. The molecule has 84 valence electrons. The van der Waals surface area contributed by atoms with Gasteiger partial charge in [0.05, 0.1) is 11.1 Å². The molecule has 1 aromatic carbocycles. The summed E-state index contributed by atoms with van der Waals surface area (Å²) in [6, 6.07) is 3.03. The molecule has 0 amide bonds. The summed E-state index contributed by atoms with van der Waals surface area (Å²) in [7, 11) is 0. The fourth-order valence-corrected chi connectivity index (χ4v) is 2.26. The molecule has 3 rings (SSSR count). The van der Waals surface area contributed by atoms with Crippen LogP contribution in [0.1, 0.15) is 10.4 Å². The second-order valence-electron chi connectivity index (χ2n) is 3.37. The van der Waals surface area contributed by atoms with Gasteiger partial charge in [-0.05, 0) is 12.1 Å². The molecular weight excluding hydrogens is 240 g/mol. The molecule has 17 heavy (non-hydrogen) atoms. The van der Waals surface area contributed by atoms with Crippen LogP contribution in [0.2, 0.25) is 0 Å². The Labute approximate surface area is 99.4 Å². The van der Waals surface area contributed by atoms with Gasteiger partial charge in [-0.25, -0.2) is 14.8 Å². The van der Waals surface area contributed by atoms with Crippen LogP contribution in [0.3, 0.4) is 0 Å². The predicted octanol–water partition coefficient (Wildman–Crippen LogP) is 2.65. The number of hydrogen-bond acceptors (Lipinski definition) is 5. The minimum absolute atomic E-state index is 0.177. The molecule has 0 unspecified atom stereocenters. The lowest BCUT2D eigenvalue weighted by molar-refractivity contribution is 0.0697. The fraction of sp³-hybridized carbons (Fsp3) is 0. The van der Waals surface area contributed by atoms with Gasteiger partial charge < -0.3 is 9.52 Å². The number of oxazole rings is 1. The molecule has 6 heteroatoms. The number of nitrogens with zero attached hydrogens (tertiary/aromatic N) is 2. The summed E-state index contributed by atoms with van der Waals surface area (Å²) in [4.78, 5) is 19.1. The van der Waals surface area contributed by atoms with Crippen molar-refractivity contribution in [1.29, 1.82) is 0 Å². The second-order valence-corrected chi connectivity index (χ2v) is 4.26. The number of aromatic nitrogens is 2. The fourth-order valence-electron chi connectivity index (χ4n) is 1.61. The lowest BCUT2D eigenvalue weighted by Crippen LogP contribution is -1.96. The number of carboxylic acid groups (broad SMARTS) is 1. The van der Waals surface area contributed by atoms with E-state index in [-0.39, 0.29) is 5.56 Å². The Balaban J connectivity index is 2.35. The lowest BCUT2D eigenvalue weighted by atomic mass is 10.1. The van der Waals surface area contributed by atoms with E-state index in [2.05, 4.69) is 9.97 Å². The highest BCUT2D eigenvalue weighted by Gasteiger charge is 2.15. The highest BCUT2D eigenvalue weighted by Crippen LogP contribution is 2.30. The predicted molar refractivity (Wildman–Crippen MR) is 62.1 cm³/mol. The van der Waals surface area contributed by atoms with E-state index in [9.17, 15) is 4.79 Å². The Morgan fingerprint density at radius 2 is 2.24 bits per heavy atom. The van der Waals surface area contributed by atoms with E-state index in [0.29, 0.717) is 16.7 Å². The standard InChI is InChI=1S/C11H6N2O3S/c14-11(15)6-3-7(10-12-1-2-17-10)9-8(4-6)13-5-16-9/h1-5H,(H,14,15). The van der Waals surface area contributed by atoms with Crippen LogP contribution in [0, 0.1) is 0 Å². The highest BCUT2D eigenvalue weighted by molar-refractivity contribution is 7.13. The summed E-state index contributed by atoms with van der Waals surface area (Å²) in [5, 5.41) is 11.6. The van der Waals surface area contributed by atoms with E-state index >= 15 is 0 Å². The van der Waals surface area contributed by atoms with Crippen molar-refractivity contribution in [2.75, 3.05) is 0 Å². The zero-order chi connectivity index (χ0) is 11.8. The normalized spacial score (nSPS) is 10.8. The Morgan fingerprint density at radius 1 is 1.35 bits per heavy atom. The molecule has 5 nitrogen and oxygen atoms in total. The van der Waals surface area contributed by atoms with Crippen LogP contribution in [-0.2, 0) is 0 Å². The summed E-state index contributed by atoms with van der Waals surface area (Å²) in [5.41, 5.74) is 1.92. The van der Waals surface area contributed by atoms with E-state index in [1.807, 2.05) is 5.38 Å². The van der Waals surface area contributed by atoms with Gasteiger partial charge in [-0.2, -0.15) is 0 Å². The molecule has 3 aromatic rings. The van der Waals surface area contributed by atoms with Gasteiger partial charge in [0, 0.05) is 11.6 Å². The molecule has 0 aliphatic rings. The minimum Gasteiger partial charge on any atom is -0.478 e. The van der Waals surface area contributed by atoms with Gasteiger partial charge in [0.15, 0.2) is 12.0 Å². The van der Waals surface area contributed by atoms with Crippen LogP contribution in [0.4, 0.5) is 0 Å². The number of carboxylic acids is 1. The molecule has 0 aliphatic heterocycles. The Morgan fingerprint density at radius 3 is 2.94 bits per heavy atom. The van der Waals surface area contributed by atoms with Crippen molar-refractivity contribution in [1.82, 2.24) is 9.97 Å². The van der Waals surface area contributed by atoms with E-state index in [0.717, 1.165) is 5.01 Å². The molecule has 2 heterocycles. The zero-order valence-corrected chi connectivity index (χ0v) is 9.27. The van der Waals surface area contributed by atoms with Gasteiger partial charge in [0.2, 0.25) is 0 Å². The SMILES string of the molecule is O=C(O)c1cc(-c2nccs2)c2ocnc2c1. The zero-order valence-electron chi connectivity index (χ0n) is 8.45. The van der Waals surface area contributed by atoms with Crippen molar-refractivity contribution in [2.45, 2.75) is 0 Å².